The van der Waals surface area contributed by atoms with Gasteiger partial charge >= 0.3 is 0 Å². The van der Waals surface area contributed by atoms with E-state index in [-0.39, 0.29) is 6.04 Å². The summed E-state index contributed by atoms with van der Waals surface area (Å²) in [6.45, 7) is 5.18. The molecule has 1 aromatic rings. The predicted molar refractivity (Wildman–Crippen MR) is 75.9 cm³/mol. The molecule has 1 aliphatic rings. The molecule has 0 spiro atoms. The molecule has 0 saturated heterocycles. The van der Waals surface area contributed by atoms with Gasteiger partial charge in [-0.1, -0.05) is 22.9 Å². The highest BCUT2D eigenvalue weighted by Gasteiger charge is 2.24. The Morgan fingerprint density at radius 3 is 3.06 bits per heavy atom. The van der Waals surface area contributed by atoms with Crippen LogP contribution < -0.4 is 10.1 Å². The zero-order chi connectivity index (χ0) is 13.2. The van der Waals surface area contributed by atoms with Crippen LogP contribution in [0.15, 0.2) is 22.7 Å². The molecule has 0 aliphatic carbocycles. The summed E-state index contributed by atoms with van der Waals surface area (Å²) in [5.74, 6) is 0.943. The fourth-order valence-electron chi connectivity index (χ4n) is 2.05. The van der Waals surface area contributed by atoms with E-state index in [1.807, 2.05) is 26.0 Å². The molecule has 4 heteroatoms. The van der Waals surface area contributed by atoms with Gasteiger partial charge in [-0.15, -0.1) is 0 Å². The van der Waals surface area contributed by atoms with Crippen molar-refractivity contribution in [3.05, 3.63) is 28.2 Å². The summed E-state index contributed by atoms with van der Waals surface area (Å²) >= 11 is 3.49. The minimum Gasteiger partial charge on any atom is -0.493 e. The van der Waals surface area contributed by atoms with E-state index in [1.54, 1.807) is 0 Å². The van der Waals surface area contributed by atoms with Crippen LogP contribution in [0, 0.1) is 0 Å². The molecule has 1 aliphatic heterocycles. The first-order chi connectivity index (χ1) is 8.52. The number of hydrogen-bond acceptors (Lipinski definition) is 3. The normalized spacial score (nSPS) is 21.9. The van der Waals surface area contributed by atoms with Crippen molar-refractivity contribution >= 4 is 15.9 Å². The molecule has 0 saturated carbocycles. The maximum atomic E-state index is 10.1. The Bertz CT molecular complexity index is 420. The van der Waals surface area contributed by atoms with Crippen molar-refractivity contribution in [1.29, 1.82) is 0 Å². The molecule has 1 aromatic carbocycles. The van der Waals surface area contributed by atoms with Crippen LogP contribution in [0.5, 0.6) is 5.75 Å². The molecule has 3 nitrogen and oxygen atoms in total. The molecule has 2 N–H and O–H groups in total. The number of benzene rings is 1. The molecule has 2 atom stereocenters. The first-order valence-corrected chi connectivity index (χ1v) is 7.19. The molecule has 2 rings (SSSR count). The van der Waals surface area contributed by atoms with E-state index >= 15 is 0 Å². The van der Waals surface area contributed by atoms with E-state index in [2.05, 4.69) is 27.3 Å². The number of ether oxygens (including phenoxy) is 1. The molecule has 2 unspecified atom stereocenters. The van der Waals surface area contributed by atoms with Gasteiger partial charge in [0.2, 0.25) is 0 Å². The van der Waals surface area contributed by atoms with Crippen LogP contribution in [0.4, 0.5) is 0 Å². The zero-order valence-electron chi connectivity index (χ0n) is 10.9. The lowest BCUT2D eigenvalue weighted by atomic mass is 9.98. The average molecular weight is 314 g/mol. The van der Waals surface area contributed by atoms with Crippen molar-refractivity contribution in [2.75, 3.05) is 13.2 Å². The number of hydrogen-bond donors (Lipinski definition) is 2. The summed E-state index contributed by atoms with van der Waals surface area (Å²) in [6.07, 6.45) is 1.68. The Kier molecular flexibility index (Phi) is 4.30. The van der Waals surface area contributed by atoms with Crippen molar-refractivity contribution in [1.82, 2.24) is 5.32 Å². The monoisotopic (exact) mass is 313 g/mol. The van der Waals surface area contributed by atoms with E-state index in [0.29, 0.717) is 6.54 Å². The van der Waals surface area contributed by atoms with Crippen molar-refractivity contribution in [3.8, 4) is 5.75 Å². The standard InChI is InChI=1S/C14H20BrNO2/c1-3-14(2,17)9-16-12-6-7-18-13-5-4-10(15)8-11(12)13/h4-5,8,12,16-17H,3,6-7,9H2,1-2H3. The number of fused-ring (bicyclic) bond motifs is 1. The third-order valence-electron chi connectivity index (χ3n) is 3.50. The topological polar surface area (TPSA) is 41.5 Å². The van der Waals surface area contributed by atoms with E-state index in [9.17, 15) is 5.11 Å². The number of aliphatic hydroxyl groups is 1. The Hall–Kier alpha value is -0.580. The van der Waals surface area contributed by atoms with Crippen LogP contribution in [0.25, 0.3) is 0 Å². The molecule has 0 fully saturated rings. The maximum absolute atomic E-state index is 10.1. The highest BCUT2D eigenvalue weighted by Crippen LogP contribution is 2.34. The Morgan fingerprint density at radius 2 is 2.33 bits per heavy atom. The van der Waals surface area contributed by atoms with E-state index < -0.39 is 5.60 Å². The minimum atomic E-state index is -0.648. The fourth-order valence-corrected chi connectivity index (χ4v) is 2.42. The molecule has 18 heavy (non-hydrogen) atoms. The van der Waals surface area contributed by atoms with Gasteiger partial charge in [0, 0.05) is 29.0 Å². The number of halogens is 1. The van der Waals surface area contributed by atoms with Crippen LogP contribution in [-0.4, -0.2) is 23.9 Å². The van der Waals surface area contributed by atoms with Crippen LogP contribution in [0.2, 0.25) is 0 Å². The number of nitrogens with one attached hydrogen (secondary N) is 1. The first-order valence-electron chi connectivity index (χ1n) is 6.40. The van der Waals surface area contributed by atoms with Gasteiger partial charge in [0.15, 0.2) is 0 Å². The molecule has 100 valence electrons. The molecule has 0 bridgehead atoms. The minimum absolute atomic E-state index is 0.254. The lowest BCUT2D eigenvalue weighted by Crippen LogP contribution is -2.40. The largest absolute Gasteiger partial charge is 0.493 e. The van der Waals surface area contributed by atoms with E-state index in [0.717, 1.165) is 29.7 Å². The smallest absolute Gasteiger partial charge is 0.124 e. The molecule has 0 aromatic heterocycles. The highest BCUT2D eigenvalue weighted by atomic mass is 79.9. The van der Waals surface area contributed by atoms with Crippen molar-refractivity contribution < 1.29 is 9.84 Å². The first kappa shape index (κ1) is 13.8. The molecular formula is C14H20BrNO2. The van der Waals surface area contributed by atoms with Crippen LogP contribution in [-0.2, 0) is 0 Å². The predicted octanol–water partition coefficient (Wildman–Crippen LogP) is 3.02. The third kappa shape index (κ3) is 3.25. The summed E-state index contributed by atoms with van der Waals surface area (Å²) in [4.78, 5) is 0. The second-order valence-electron chi connectivity index (χ2n) is 5.10. The van der Waals surface area contributed by atoms with E-state index in [1.165, 1.54) is 5.56 Å². The second kappa shape index (κ2) is 5.59. The van der Waals surface area contributed by atoms with Gasteiger partial charge in [-0.2, -0.15) is 0 Å². The van der Waals surface area contributed by atoms with Gasteiger partial charge in [-0.3, -0.25) is 0 Å². The number of rotatable bonds is 4. The van der Waals surface area contributed by atoms with Crippen LogP contribution in [0.1, 0.15) is 38.3 Å². The maximum Gasteiger partial charge on any atom is 0.124 e. The lowest BCUT2D eigenvalue weighted by Gasteiger charge is -2.30. The van der Waals surface area contributed by atoms with Crippen molar-refractivity contribution in [2.45, 2.75) is 38.3 Å². The van der Waals surface area contributed by atoms with Crippen LogP contribution in [0.3, 0.4) is 0 Å². The van der Waals surface area contributed by atoms with Crippen molar-refractivity contribution in [2.24, 2.45) is 0 Å². The molecule has 1 heterocycles. The van der Waals surface area contributed by atoms with E-state index in [4.69, 9.17) is 4.74 Å². The zero-order valence-corrected chi connectivity index (χ0v) is 12.5. The van der Waals surface area contributed by atoms with Gasteiger partial charge in [0.1, 0.15) is 5.75 Å². The Labute approximate surface area is 117 Å². The SMILES string of the molecule is CCC(C)(O)CNC1CCOc2ccc(Br)cc21. The van der Waals surface area contributed by atoms with Crippen molar-refractivity contribution in [3.63, 3.8) is 0 Å². The van der Waals surface area contributed by atoms with Gasteiger partial charge in [0.05, 0.1) is 12.2 Å². The molecule has 0 amide bonds. The van der Waals surface area contributed by atoms with Gasteiger partial charge in [-0.25, -0.2) is 0 Å². The van der Waals surface area contributed by atoms with Gasteiger partial charge < -0.3 is 15.2 Å². The fraction of sp³-hybridized carbons (Fsp3) is 0.571. The Balaban J connectivity index is 2.10. The lowest BCUT2D eigenvalue weighted by molar-refractivity contribution is 0.0509. The summed E-state index contributed by atoms with van der Waals surface area (Å²) in [7, 11) is 0. The van der Waals surface area contributed by atoms with Gasteiger partial charge in [-0.05, 0) is 31.5 Å². The average Bonchev–Trinajstić information content (AvgIpc) is 2.36. The third-order valence-corrected chi connectivity index (χ3v) is 4.00. The molecular weight excluding hydrogens is 294 g/mol. The Morgan fingerprint density at radius 1 is 1.56 bits per heavy atom. The quantitative estimate of drug-likeness (QED) is 0.897. The summed E-state index contributed by atoms with van der Waals surface area (Å²) in [5.41, 5.74) is 0.521. The molecule has 0 radical (unpaired) electrons. The summed E-state index contributed by atoms with van der Waals surface area (Å²) < 4.78 is 6.70. The second-order valence-corrected chi connectivity index (χ2v) is 6.02. The highest BCUT2D eigenvalue weighted by molar-refractivity contribution is 9.10. The summed E-state index contributed by atoms with van der Waals surface area (Å²) in [5, 5.41) is 13.5. The summed E-state index contributed by atoms with van der Waals surface area (Å²) in [6, 6.07) is 6.32. The van der Waals surface area contributed by atoms with Crippen LogP contribution >= 0.6 is 15.9 Å². The van der Waals surface area contributed by atoms with Gasteiger partial charge in [0.25, 0.3) is 0 Å².